The van der Waals surface area contributed by atoms with E-state index < -0.39 is 5.82 Å². The van der Waals surface area contributed by atoms with Gasteiger partial charge in [-0.15, -0.1) is 0 Å². The van der Waals surface area contributed by atoms with E-state index in [0.717, 1.165) is 22.5 Å². The van der Waals surface area contributed by atoms with Crippen LogP contribution < -0.4 is 16.4 Å². The zero-order valence-corrected chi connectivity index (χ0v) is 15.7. The highest BCUT2D eigenvalue weighted by atomic mass is 19.1. The minimum absolute atomic E-state index is 0.109. The first kappa shape index (κ1) is 19.6. The molecule has 2 aromatic rings. The van der Waals surface area contributed by atoms with Crippen molar-refractivity contribution < 1.29 is 4.39 Å². The van der Waals surface area contributed by atoms with Crippen LogP contribution in [0.1, 0.15) is 30.5 Å². The van der Waals surface area contributed by atoms with Crippen LogP contribution in [0, 0.1) is 12.7 Å². The number of halogens is 1. The molecule has 26 heavy (non-hydrogen) atoms. The molecule has 0 saturated carbocycles. The molecule has 0 bridgehead atoms. The maximum absolute atomic E-state index is 14.2. The number of aryl methyl sites for hydroxylation is 1. The van der Waals surface area contributed by atoms with Crippen molar-refractivity contribution in [1.29, 1.82) is 0 Å². The molecule has 0 aliphatic heterocycles. The van der Waals surface area contributed by atoms with Gasteiger partial charge in [0.25, 0.3) is 0 Å². The summed E-state index contributed by atoms with van der Waals surface area (Å²) in [5.74, 6) is 0.244. The third-order valence-electron chi connectivity index (χ3n) is 4.04. The van der Waals surface area contributed by atoms with Crippen LogP contribution in [-0.4, -0.2) is 30.3 Å². The summed E-state index contributed by atoms with van der Waals surface area (Å²) in [6.45, 7) is 10.0. The van der Waals surface area contributed by atoms with E-state index in [2.05, 4.69) is 27.2 Å². The van der Waals surface area contributed by atoms with Crippen molar-refractivity contribution in [1.82, 2.24) is 4.98 Å². The molecule has 1 heterocycles. The van der Waals surface area contributed by atoms with Gasteiger partial charge in [0.05, 0.1) is 0 Å². The molecule has 5 nitrogen and oxygen atoms in total. The normalized spacial score (nSPS) is 12.6. The van der Waals surface area contributed by atoms with Crippen LogP contribution in [0.3, 0.4) is 0 Å². The second kappa shape index (κ2) is 8.58. The second-order valence-electron chi connectivity index (χ2n) is 6.28. The van der Waals surface area contributed by atoms with Crippen LogP contribution >= 0.6 is 0 Å². The fourth-order valence-corrected chi connectivity index (χ4v) is 2.49. The molecular weight excluding hydrogens is 329 g/mol. The van der Waals surface area contributed by atoms with E-state index in [1.807, 2.05) is 39.0 Å². The molecule has 0 aliphatic carbocycles. The van der Waals surface area contributed by atoms with Gasteiger partial charge in [0.1, 0.15) is 5.82 Å². The molecule has 1 unspecified atom stereocenters. The molecule has 2 rings (SSSR count). The van der Waals surface area contributed by atoms with Crippen molar-refractivity contribution in [2.24, 2.45) is 10.7 Å². The summed E-state index contributed by atoms with van der Waals surface area (Å²) in [5, 5.41) is 6.18. The number of anilines is 3. The summed E-state index contributed by atoms with van der Waals surface area (Å²) in [6, 6.07) is 7.26. The molecule has 1 aromatic heterocycles. The van der Waals surface area contributed by atoms with E-state index in [1.165, 1.54) is 6.07 Å². The Balaban J connectivity index is 2.39. The zero-order valence-electron chi connectivity index (χ0n) is 15.7. The first-order chi connectivity index (χ1) is 12.3. The van der Waals surface area contributed by atoms with Gasteiger partial charge in [-0.25, -0.2) is 9.37 Å². The van der Waals surface area contributed by atoms with Crippen molar-refractivity contribution in [2.75, 3.05) is 24.2 Å². The predicted molar refractivity (Wildman–Crippen MR) is 109 cm³/mol. The summed E-state index contributed by atoms with van der Waals surface area (Å²) >= 11 is 0. The fourth-order valence-electron chi connectivity index (χ4n) is 2.49. The predicted octanol–water partition coefficient (Wildman–Crippen LogP) is 4.11. The Morgan fingerprint density at radius 1 is 1.38 bits per heavy atom. The van der Waals surface area contributed by atoms with E-state index in [4.69, 9.17) is 5.73 Å². The molecular formula is C20H26FN5. The molecule has 0 saturated heterocycles. The Hall–Kier alpha value is -2.73. The van der Waals surface area contributed by atoms with Crippen LogP contribution in [-0.2, 0) is 0 Å². The van der Waals surface area contributed by atoms with E-state index in [-0.39, 0.29) is 11.9 Å². The summed E-state index contributed by atoms with van der Waals surface area (Å²) in [4.78, 5) is 8.63. The van der Waals surface area contributed by atoms with Crippen LogP contribution in [0.4, 0.5) is 21.7 Å². The minimum atomic E-state index is -0.440. The van der Waals surface area contributed by atoms with Crippen molar-refractivity contribution in [3.05, 3.63) is 53.4 Å². The van der Waals surface area contributed by atoms with Gasteiger partial charge in [0.15, 0.2) is 11.6 Å². The SMILES string of the molecule is C=Cc1cc(F)c(NCC(C)N)nc1Nc1ccc(C)c(/C(C)=N\C)c1. The van der Waals surface area contributed by atoms with Crippen molar-refractivity contribution in [3.8, 4) is 0 Å². The Morgan fingerprint density at radius 2 is 2.12 bits per heavy atom. The van der Waals surface area contributed by atoms with Gasteiger partial charge < -0.3 is 16.4 Å². The molecule has 0 amide bonds. The molecule has 138 valence electrons. The maximum atomic E-state index is 14.2. The fraction of sp³-hybridized carbons (Fsp3) is 0.300. The van der Waals surface area contributed by atoms with E-state index in [1.54, 1.807) is 13.1 Å². The minimum Gasteiger partial charge on any atom is -0.366 e. The standard InChI is InChI=1S/C20H26FN5/c1-6-15-9-18(21)20(24-11-13(3)22)26-19(15)25-16-8-7-12(2)17(10-16)14(4)23-5/h6-10,13H,1,11,22H2,2-5H3,(H2,24,25,26)/b23-14-. The van der Waals surface area contributed by atoms with Crippen molar-refractivity contribution in [3.63, 3.8) is 0 Å². The number of hydrogen-bond donors (Lipinski definition) is 3. The van der Waals surface area contributed by atoms with E-state index >= 15 is 0 Å². The molecule has 0 radical (unpaired) electrons. The lowest BCUT2D eigenvalue weighted by molar-refractivity contribution is 0.622. The van der Waals surface area contributed by atoms with Gasteiger partial charge in [-0.05, 0) is 44.5 Å². The number of pyridine rings is 1. The third kappa shape index (κ3) is 4.67. The monoisotopic (exact) mass is 355 g/mol. The highest BCUT2D eigenvalue weighted by Gasteiger charge is 2.12. The lowest BCUT2D eigenvalue weighted by Crippen LogP contribution is -2.26. The van der Waals surface area contributed by atoms with Crippen molar-refractivity contribution in [2.45, 2.75) is 26.8 Å². The number of aromatic nitrogens is 1. The molecule has 1 aromatic carbocycles. The highest BCUT2D eigenvalue weighted by molar-refractivity contribution is 6.00. The summed E-state index contributed by atoms with van der Waals surface area (Å²) in [5.41, 5.74) is 10.3. The van der Waals surface area contributed by atoms with Gasteiger partial charge >= 0.3 is 0 Å². The van der Waals surface area contributed by atoms with Gasteiger partial charge in [0, 0.05) is 42.2 Å². The number of benzene rings is 1. The lowest BCUT2D eigenvalue weighted by Gasteiger charge is -2.15. The van der Waals surface area contributed by atoms with Crippen molar-refractivity contribution >= 4 is 29.1 Å². The molecule has 0 fully saturated rings. The van der Waals surface area contributed by atoms with E-state index in [0.29, 0.717) is 17.9 Å². The third-order valence-corrected chi connectivity index (χ3v) is 4.04. The average molecular weight is 355 g/mol. The van der Waals surface area contributed by atoms with Crippen LogP contribution in [0.25, 0.3) is 6.08 Å². The van der Waals surface area contributed by atoms with Crippen LogP contribution in [0.15, 0.2) is 35.8 Å². The molecule has 1 atom stereocenters. The smallest absolute Gasteiger partial charge is 0.166 e. The largest absolute Gasteiger partial charge is 0.366 e. The quantitative estimate of drug-likeness (QED) is 0.653. The van der Waals surface area contributed by atoms with Crippen LogP contribution in [0.2, 0.25) is 0 Å². The topological polar surface area (TPSA) is 75.3 Å². The first-order valence-electron chi connectivity index (χ1n) is 8.49. The highest BCUT2D eigenvalue weighted by Crippen LogP contribution is 2.26. The van der Waals surface area contributed by atoms with E-state index in [9.17, 15) is 4.39 Å². The van der Waals surface area contributed by atoms with Gasteiger partial charge in [0.2, 0.25) is 0 Å². The number of rotatable bonds is 7. The maximum Gasteiger partial charge on any atom is 0.166 e. The Labute approximate surface area is 154 Å². The Kier molecular flexibility index (Phi) is 6.46. The Bertz CT molecular complexity index is 827. The number of nitrogens with two attached hydrogens (primary N) is 1. The summed E-state index contributed by atoms with van der Waals surface area (Å²) in [7, 11) is 1.77. The van der Waals surface area contributed by atoms with Gasteiger partial charge in [-0.3, -0.25) is 4.99 Å². The Morgan fingerprint density at radius 3 is 2.73 bits per heavy atom. The summed E-state index contributed by atoms with van der Waals surface area (Å²) in [6.07, 6.45) is 1.57. The average Bonchev–Trinajstić information content (AvgIpc) is 2.62. The summed E-state index contributed by atoms with van der Waals surface area (Å²) < 4.78 is 14.2. The second-order valence-corrected chi connectivity index (χ2v) is 6.28. The molecule has 6 heteroatoms. The molecule has 4 N–H and O–H groups in total. The number of nitrogens with one attached hydrogen (secondary N) is 2. The van der Waals surface area contributed by atoms with Gasteiger partial charge in [-0.1, -0.05) is 18.7 Å². The molecule has 0 aliphatic rings. The zero-order chi connectivity index (χ0) is 19.3. The number of hydrogen-bond acceptors (Lipinski definition) is 5. The van der Waals surface area contributed by atoms with Gasteiger partial charge in [-0.2, -0.15) is 0 Å². The first-order valence-corrected chi connectivity index (χ1v) is 8.49. The number of aliphatic imine (C=N–C) groups is 1. The lowest BCUT2D eigenvalue weighted by atomic mass is 10.0. The van der Waals surface area contributed by atoms with Crippen LogP contribution in [0.5, 0.6) is 0 Å². The number of nitrogens with zero attached hydrogens (tertiary/aromatic N) is 2. The molecule has 0 spiro atoms.